The molecule has 4 nitrogen and oxygen atoms in total. The van der Waals surface area contributed by atoms with Gasteiger partial charge >= 0.3 is 0 Å². The summed E-state index contributed by atoms with van der Waals surface area (Å²) >= 11 is 0. The maximum Gasteiger partial charge on any atom is 0.249 e. The molecule has 98 valence electrons. The number of benzene rings is 1. The van der Waals surface area contributed by atoms with Crippen LogP contribution in [0, 0.1) is 0 Å². The molecular formula is C14H19NO3. The van der Waals surface area contributed by atoms with Gasteiger partial charge in [0.25, 0.3) is 0 Å². The van der Waals surface area contributed by atoms with E-state index in [1.165, 1.54) is 5.56 Å². The number of fused-ring (bicyclic) bond motifs is 1. The fraction of sp³-hybridized carbons (Fsp3) is 0.500. The van der Waals surface area contributed by atoms with Gasteiger partial charge in [0.1, 0.15) is 18.0 Å². The highest BCUT2D eigenvalue weighted by Gasteiger charge is 2.24. The van der Waals surface area contributed by atoms with Gasteiger partial charge in [0.05, 0.1) is 6.54 Å². The molecule has 2 rings (SSSR count). The first-order chi connectivity index (χ1) is 8.74. The fourth-order valence-electron chi connectivity index (χ4n) is 2.16. The van der Waals surface area contributed by atoms with Crippen molar-refractivity contribution in [3.63, 3.8) is 0 Å². The van der Waals surface area contributed by atoms with Crippen LogP contribution in [0.5, 0.6) is 5.75 Å². The second-order valence-electron chi connectivity index (χ2n) is 4.43. The van der Waals surface area contributed by atoms with E-state index in [4.69, 9.17) is 9.47 Å². The van der Waals surface area contributed by atoms with Crippen molar-refractivity contribution in [2.45, 2.75) is 32.0 Å². The van der Waals surface area contributed by atoms with Crippen molar-refractivity contribution in [1.29, 1.82) is 0 Å². The van der Waals surface area contributed by atoms with Gasteiger partial charge in [0, 0.05) is 13.5 Å². The number of hydrogen-bond donors (Lipinski definition) is 1. The highest BCUT2D eigenvalue weighted by Crippen LogP contribution is 2.27. The molecule has 1 aliphatic rings. The van der Waals surface area contributed by atoms with Crippen LogP contribution < -0.4 is 10.1 Å². The molecular weight excluding hydrogens is 230 g/mol. The van der Waals surface area contributed by atoms with Crippen LogP contribution in [0.1, 0.15) is 18.9 Å². The molecule has 0 saturated heterocycles. The van der Waals surface area contributed by atoms with Crippen molar-refractivity contribution in [2.75, 3.05) is 13.7 Å². The number of rotatable bonds is 5. The zero-order chi connectivity index (χ0) is 13.0. The van der Waals surface area contributed by atoms with Gasteiger partial charge in [-0.15, -0.1) is 0 Å². The van der Waals surface area contributed by atoms with E-state index in [1.54, 1.807) is 7.11 Å². The van der Waals surface area contributed by atoms with Crippen LogP contribution in [0.4, 0.5) is 0 Å². The summed E-state index contributed by atoms with van der Waals surface area (Å²) in [5.41, 5.74) is 1.20. The summed E-state index contributed by atoms with van der Waals surface area (Å²) in [5, 5.41) is 2.87. The highest BCUT2D eigenvalue weighted by molar-refractivity contribution is 5.80. The van der Waals surface area contributed by atoms with Crippen LogP contribution in [0.2, 0.25) is 0 Å². The van der Waals surface area contributed by atoms with Crippen molar-refractivity contribution in [3.05, 3.63) is 29.8 Å². The Kier molecular flexibility index (Phi) is 4.20. The Morgan fingerprint density at radius 1 is 1.56 bits per heavy atom. The lowest BCUT2D eigenvalue weighted by atomic mass is 10.1. The monoisotopic (exact) mass is 249 g/mol. The van der Waals surface area contributed by atoms with E-state index in [2.05, 4.69) is 11.4 Å². The number of para-hydroxylation sites is 1. The Morgan fingerprint density at radius 3 is 3.00 bits per heavy atom. The molecule has 1 N–H and O–H groups in total. The van der Waals surface area contributed by atoms with E-state index in [9.17, 15) is 4.79 Å². The van der Waals surface area contributed by atoms with Crippen LogP contribution in [0.3, 0.4) is 0 Å². The van der Waals surface area contributed by atoms with E-state index in [0.717, 1.165) is 12.2 Å². The van der Waals surface area contributed by atoms with Crippen molar-refractivity contribution < 1.29 is 14.3 Å². The number of amides is 1. The number of nitrogens with one attached hydrogen (secondary N) is 1. The molecule has 0 radical (unpaired) electrons. The van der Waals surface area contributed by atoms with Crippen LogP contribution in [0.15, 0.2) is 24.3 Å². The van der Waals surface area contributed by atoms with Crippen molar-refractivity contribution >= 4 is 5.91 Å². The third-order valence-corrected chi connectivity index (χ3v) is 3.17. The summed E-state index contributed by atoms with van der Waals surface area (Å²) in [6.07, 6.45) is 1.18. The zero-order valence-corrected chi connectivity index (χ0v) is 10.8. The molecule has 4 heteroatoms. The van der Waals surface area contributed by atoms with Gasteiger partial charge in [0.2, 0.25) is 5.91 Å². The molecule has 1 amide bonds. The molecule has 1 aliphatic heterocycles. The van der Waals surface area contributed by atoms with Crippen LogP contribution in [0.25, 0.3) is 0 Å². The topological polar surface area (TPSA) is 47.6 Å². The second-order valence-corrected chi connectivity index (χ2v) is 4.43. The fourth-order valence-corrected chi connectivity index (χ4v) is 2.16. The Morgan fingerprint density at radius 2 is 2.33 bits per heavy atom. The average molecular weight is 249 g/mol. The molecule has 0 aliphatic carbocycles. The summed E-state index contributed by atoms with van der Waals surface area (Å²) in [6, 6.07) is 7.97. The van der Waals surface area contributed by atoms with Gasteiger partial charge in [-0.1, -0.05) is 25.1 Å². The smallest absolute Gasteiger partial charge is 0.249 e. The maximum absolute atomic E-state index is 11.7. The van der Waals surface area contributed by atoms with Gasteiger partial charge in [-0.3, -0.25) is 4.79 Å². The molecule has 1 aromatic carbocycles. The van der Waals surface area contributed by atoms with E-state index in [1.807, 2.05) is 25.1 Å². The standard InChI is InChI=1S/C14H19NO3/c1-3-12(17-2)14(16)15-9-11-8-10-6-4-5-7-13(10)18-11/h4-7,11-12H,3,8-9H2,1-2H3,(H,15,16)/t11-,12-/m1/s1. The summed E-state index contributed by atoms with van der Waals surface area (Å²) in [4.78, 5) is 11.7. The number of methoxy groups -OCH3 is 1. The zero-order valence-electron chi connectivity index (χ0n) is 10.8. The molecule has 0 unspecified atom stereocenters. The molecule has 0 aromatic heterocycles. The lowest BCUT2D eigenvalue weighted by molar-refractivity contribution is -0.131. The third-order valence-electron chi connectivity index (χ3n) is 3.17. The molecule has 1 aromatic rings. The predicted molar refractivity (Wildman–Crippen MR) is 68.7 cm³/mol. The van der Waals surface area contributed by atoms with Crippen LogP contribution in [-0.2, 0) is 16.0 Å². The van der Waals surface area contributed by atoms with Crippen molar-refractivity contribution in [2.24, 2.45) is 0 Å². The van der Waals surface area contributed by atoms with Gasteiger partial charge in [-0.05, 0) is 18.1 Å². The van der Waals surface area contributed by atoms with E-state index in [-0.39, 0.29) is 18.1 Å². The van der Waals surface area contributed by atoms with E-state index >= 15 is 0 Å². The predicted octanol–water partition coefficient (Wildman–Crippen LogP) is 1.53. The second kappa shape index (κ2) is 5.87. The third kappa shape index (κ3) is 2.82. The summed E-state index contributed by atoms with van der Waals surface area (Å²) in [6.45, 7) is 2.45. The molecule has 0 saturated carbocycles. The minimum atomic E-state index is -0.367. The average Bonchev–Trinajstić information content (AvgIpc) is 2.80. The Bertz CT molecular complexity index is 390. The Hall–Kier alpha value is -1.55. The molecule has 2 atom stereocenters. The van der Waals surface area contributed by atoms with Crippen LogP contribution >= 0.6 is 0 Å². The van der Waals surface area contributed by atoms with Gasteiger partial charge < -0.3 is 14.8 Å². The lowest BCUT2D eigenvalue weighted by Gasteiger charge is -2.16. The van der Waals surface area contributed by atoms with E-state index < -0.39 is 0 Å². The summed E-state index contributed by atoms with van der Waals surface area (Å²) < 4.78 is 10.8. The summed E-state index contributed by atoms with van der Waals surface area (Å²) in [5.74, 6) is 0.857. The van der Waals surface area contributed by atoms with Gasteiger partial charge in [-0.25, -0.2) is 0 Å². The highest BCUT2D eigenvalue weighted by atomic mass is 16.5. The first-order valence-corrected chi connectivity index (χ1v) is 6.29. The van der Waals surface area contributed by atoms with E-state index in [0.29, 0.717) is 13.0 Å². The van der Waals surface area contributed by atoms with Crippen LogP contribution in [-0.4, -0.2) is 31.8 Å². The Labute approximate surface area is 107 Å². The number of ether oxygens (including phenoxy) is 2. The summed E-state index contributed by atoms with van der Waals surface area (Å²) in [7, 11) is 1.55. The molecule has 18 heavy (non-hydrogen) atoms. The number of carbonyl (C=O) groups is 1. The minimum absolute atomic E-state index is 0.0284. The van der Waals surface area contributed by atoms with Crippen molar-refractivity contribution in [1.82, 2.24) is 5.32 Å². The molecule has 0 spiro atoms. The first-order valence-electron chi connectivity index (χ1n) is 6.29. The lowest BCUT2D eigenvalue weighted by Crippen LogP contribution is -2.40. The number of hydrogen-bond acceptors (Lipinski definition) is 3. The SMILES string of the molecule is CC[C@@H](OC)C(=O)NC[C@H]1Cc2ccccc2O1. The molecule has 1 heterocycles. The number of carbonyl (C=O) groups excluding carboxylic acids is 1. The van der Waals surface area contributed by atoms with Gasteiger partial charge in [0.15, 0.2) is 0 Å². The normalized spacial score (nSPS) is 18.9. The van der Waals surface area contributed by atoms with Crippen molar-refractivity contribution in [3.8, 4) is 5.75 Å². The Balaban J connectivity index is 1.82. The maximum atomic E-state index is 11.7. The molecule has 0 bridgehead atoms. The van der Waals surface area contributed by atoms with Gasteiger partial charge in [-0.2, -0.15) is 0 Å². The minimum Gasteiger partial charge on any atom is -0.488 e. The largest absolute Gasteiger partial charge is 0.488 e. The first kappa shape index (κ1) is 12.9. The quantitative estimate of drug-likeness (QED) is 0.861. The molecule has 0 fully saturated rings.